The average molecular weight is 274 g/mol. The predicted molar refractivity (Wildman–Crippen MR) is 68.4 cm³/mol. The summed E-state index contributed by atoms with van der Waals surface area (Å²) in [6.07, 6.45) is 0. The molecule has 1 aromatic carbocycles. The van der Waals surface area contributed by atoms with Crippen LogP contribution in [0.2, 0.25) is 10.0 Å². The van der Waals surface area contributed by atoms with E-state index in [0.717, 1.165) is 0 Å². The van der Waals surface area contributed by atoms with E-state index < -0.39 is 11.3 Å². The summed E-state index contributed by atoms with van der Waals surface area (Å²) in [6.45, 7) is 5.17. The highest BCUT2D eigenvalue weighted by atomic mass is 35.5. The van der Waals surface area contributed by atoms with Crippen LogP contribution in [0.25, 0.3) is 0 Å². The molecule has 0 unspecified atom stereocenters. The zero-order valence-electron chi connectivity index (χ0n) is 9.80. The first-order valence-electron chi connectivity index (χ1n) is 5.02. The van der Waals surface area contributed by atoms with Gasteiger partial charge in [0.1, 0.15) is 0 Å². The van der Waals surface area contributed by atoms with Crippen molar-refractivity contribution in [2.24, 2.45) is 5.41 Å². The molecule has 0 radical (unpaired) electrons. The number of hydrogen-bond acceptors (Lipinski definition) is 2. The first kappa shape index (κ1) is 14.0. The molecule has 0 aliphatic carbocycles. The molecule has 0 saturated carbocycles. The average Bonchev–Trinajstić information content (AvgIpc) is 2.14. The Labute approximate surface area is 110 Å². The monoisotopic (exact) mass is 273 g/mol. The number of halogens is 2. The first-order valence-corrected chi connectivity index (χ1v) is 5.77. The Kier molecular flexibility index (Phi) is 4.17. The van der Waals surface area contributed by atoms with E-state index in [0.29, 0.717) is 10.0 Å². The number of carbonyl (C=O) groups excluding carboxylic acids is 2. The number of imide groups is 1. The van der Waals surface area contributed by atoms with E-state index in [1.54, 1.807) is 20.8 Å². The van der Waals surface area contributed by atoms with E-state index in [2.05, 4.69) is 5.32 Å². The van der Waals surface area contributed by atoms with Gasteiger partial charge in [0.25, 0.3) is 5.91 Å². The number of nitrogens with one attached hydrogen (secondary N) is 1. The molecule has 0 aliphatic rings. The lowest BCUT2D eigenvalue weighted by molar-refractivity contribution is -0.127. The number of benzene rings is 1. The molecule has 2 amide bonds. The van der Waals surface area contributed by atoms with Crippen LogP contribution in [-0.2, 0) is 4.79 Å². The maximum atomic E-state index is 11.8. The second kappa shape index (κ2) is 5.07. The molecule has 92 valence electrons. The van der Waals surface area contributed by atoms with E-state index in [9.17, 15) is 9.59 Å². The first-order chi connectivity index (χ1) is 7.70. The van der Waals surface area contributed by atoms with Gasteiger partial charge in [0.15, 0.2) is 0 Å². The Morgan fingerprint density at radius 2 is 1.53 bits per heavy atom. The quantitative estimate of drug-likeness (QED) is 0.854. The Bertz CT molecular complexity index is 444. The third-order valence-corrected chi connectivity index (χ3v) is 2.47. The smallest absolute Gasteiger partial charge is 0.257 e. The Hall–Kier alpha value is -1.06. The second-order valence-electron chi connectivity index (χ2n) is 4.69. The number of hydrogen-bond donors (Lipinski definition) is 1. The molecule has 1 N–H and O–H groups in total. The van der Waals surface area contributed by atoms with Crippen LogP contribution in [0.15, 0.2) is 18.2 Å². The van der Waals surface area contributed by atoms with Crippen molar-refractivity contribution >= 4 is 35.0 Å². The fourth-order valence-electron chi connectivity index (χ4n) is 1.05. The molecule has 3 nitrogen and oxygen atoms in total. The molecule has 0 aliphatic heterocycles. The van der Waals surface area contributed by atoms with Crippen LogP contribution in [0.3, 0.4) is 0 Å². The molecule has 0 bridgehead atoms. The molecule has 0 spiro atoms. The number of amides is 2. The Morgan fingerprint density at radius 3 is 1.94 bits per heavy atom. The van der Waals surface area contributed by atoms with Crippen molar-refractivity contribution in [2.45, 2.75) is 20.8 Å². The van der Waals surface area contributed by atoms with Gasteiger partial charge < -0.3 is 0 Å². The normalized spacial score (nSPS) is 11.1. The minimum absolute atomic E-state index is 0.264. The summed E-state index contributed by atoms with van der Waals surface area (Å²) >= 11 is 11.5. The van der Waals surface area contributed by atoms with Crippen molar-refractivity contribution < 1.29 is 9.59 Å². The van der Waals surface area contributed by atoms with Gasteiger partial charge in [-0.05, 0) is 18.2 Å². The lowest BCUT2D eigenvalue weighted by Gasteiger charge is -2.16. The standard InChI is InChI=1S/C12H13Cl2NO2/c1-12(2,3)11(17)15-10(16)7-4-8(13)6-9(14)5-7/h4-6H,1-3H3,(H,15,16,17). The van der Waals surface area contributed by atoms with Gasteiger partial charge in [0.05, 0.1) is 0 Å². The number of carbonyl (C=O) groups is 2. The summed E-state index contributed by atoms with van der Waals surface area (Å²) < 4.78 is 0. The molecular weight excluding hydrogens is 261 g/mol. The molecule has 0 fully saturated rings. The minimum Gasteiger partial charge on any atom is -0.292 e. The van der Waals surface area contributed by atoms with E-state index in [1.807, 2.05) is 0 Å². The fraction of sp³-hybridized carbons (Fsp3) is 0.333. The summed E-state index contributed by atoms with van der Waals surface area (Å²) in [5.74, 6) is -0.854. The largest absolute Gasteiger partial charge is 0.292 e. The van der Waals surface area contributed by atoms with Gasteiger partial charge >= 0.3 is 0 Å². The Balaban J connectivity index is 2.87. The number of rotatable bonds is 1. The molecule has 0 atom stereocenters. The molecule has 1 rings (SSSR count). The third-order valence-electron chi connectivity index (χ3n) is 2.03. The summed E-state index contributed by atoms with van der Waals surface area (Å²) in [5, 5.41) is 3.00. The van der Waals surface area contributed by atoms with Gasteiger partial charge in [-0.1, -0.05) is 44.0 Å². The lowest BCUT2D eigenvalue weighted by Crippen LogP contribution is -2.38. The topological polar surface area (TPSA) is 46.2 Å². The van der Waals surface area contributed by atoms with Crippen LogP contribution in [0.4, 0.5) is 0 Å². The van der Waals surface area contributed by atoms with Gasteiger partial charge in [-0.2, -0.15) is 0 Å². The van der Waals surface area contributed by atoms with Crippen molar-refractivity contribution in [1.82, 2.24) is 5.32 Å². The second-order valence-corrected chi connectivity index (χ2v) is 5.56. The zero-order valence-corrected chi connectivity index (χ0v) is 11.3. The third kappa shape index (κ3) is 4.02. The van der Waals surface area contributed by atoms with Gasteiger partial charge in [0, 0.05) is 21.0 Å². The zero-order chi connectivity index (χ0) is 13.2. The molecule has 5 heteroatoms. The fourth-order valence-corrected chi connectivity index (χ4v) is 1.57. The minimum atomic E-state index is -0.627. The predicted octanol–water partition coefficient (Wildman–Crippen LogP) is 3.30. The molecule has 0 heterocycles. The molecule has 17 heavy (non-hydrogen) atoms. The molecule has 0 aromatic heterocycles. The van der Waals surface area contributed by atoms with Crippen LogP contribution in [0.5, 0.6) is 0 Å². The SMILES string of the molecule is CC(C)(C)C(=O)NC(=O)c1cc(Cl)cc(Cl)c1. The lowest BCUT2D eigenvalue weighted by atomic mass is 9.95. The van der Waals surface area contributed by atoms with Crippen molar-refractivity contribution in [1.29, 1.82) is 0 Å². The van der Waals surface area contributed by atoms with Gasteiger partial charge in [0.2, 0.25) is 5.91 Å². The summed E-state index contributed by atoms with van der Waals surface area (Å²) in [5.41, 5.74) is -0.363. The van der Waals surface area contributed by atoms with Crippen LogP contribution in [-0.4, -0.2) is 11.8 Å². The Morgan fingerprint density at radius 1 is 1.06 bits per heavy atom. The van der Waals surface area contributed by atoms with Crippen LogP contribution in [0.1, 0.15) is 31.1 Å². The van der Waals surface area contributed by atoms with Gasteiger partial charge in [-0.3, -0.25) is 14.9 Å². The highest BCUT2D eigenvalue weighted by Crippen LogP contribution is 2.19. The van der Waals surface area contributed by atoms with Crippen molar-refractivity contribution in [2.75, 3.05) is 0 Å². The van der Waals surface area contributed by atoms with Crippen molar-refractivity contribution in [3.63, 3.8) is 0 Å². The van der Waals surface area contributed by atoms with E-state index in [1.165, 1.54) is 18.2 Å². The molecular formula is C12H13Cl2NO2. The molecule has 1 aromatic rings. The maximum Gasteiger partial charge on any atom is 0.257 e. The van der Waals surface area contributed by atoms with E-state index >= 15 is 0 Å². The summed E-state index contributed by atoms with van der Waals surface area (Å²) in [6, 6.07) is 4.43. The van der Waals surface area contributed by atoms with E-state index in [4.69, 9.17) is 23.2 Å². The highest BCUT2D eigenvalue weighted by molar-refractivity contribution is 6.35. The van der Waals surface area contributed by atoms with Crippen LogP contribution < -0.4 is 5.32 Å². The highest BCUT2D eigenvalue weighted by Gasteiger charge is 2.23. The molecule has 0 saturated heterocycles. The maximum absolute atomic E-state index is 11.8. The van der Waals surface area contributed by atoms with Crippen molar-refractivity contribution in [3.8, 4) is 0 Å². The van der Waals surface area contributed by atoms with Gasteiger partial charge in [-0.25, -0.2) is 0 Å². The summed E-state index contributed by atoms with van der Waals surface area (Å²) in [7, 11) is 0. The van der Waals surface area contributed by atoms with Crippen LogP contribution in [0, 0.1) is 5.41 Å². The van der Waals surface area contributed by atoms with Gasteiger partial charge in [-0.15, -0.1) is 0 Å². The summed E-state index contributed by atoms with van der Waals surface area (Å²) in [4.78, 5) is 23.4. The van der Waals surface area contributed by atoms with Crippen LogP contribution >= 0.6 is 23.2 Å². The van der Waals surface area contributed by atoms with Crippen molar-refractivity contribution in [3.05, 3.63) is 33.8 Å². The van der Waals surface area contributed by atoms with E-state index in [-0.39, 0.29) is 11.5 Å².